The lowest BCUT2D eigenvalue weighted by Crippen LogP contribution is -2.35. The van der Waals surface area contributed by atoms with Gasteiger partial charge in [-0.25, -0.2) is 0 Å². The summed E-state index contributed by atoms with van der Waals surface area (Å²) in [5, 5.41) is 12.0. The average molecular weight is 356 g/mol. The van der Waals surface area contributed by atoms with Gasteiger partial charge in [-0.3, -0.25) is 9.59 Å². The Morgan fingerprint density at radius 1 is 1.33 bits per heavy atom. The van der Waals surface area contributed by atoms with E-state index in [2.05, 4.69) is 21.2 Å². The molecule has 1 rings (SSSR count). The van der Waals surface area contributed by atoms with Crippen LogP contribution in [-0.2, 0) is 4.79 Å². The van der Waals surface area contributed by atoms with Crippen molar-refractivity contribution in [2.75, 3.05) is 6.54 Å². The van der Waals surface area contributed by atoms with Gasteiger partial charge in [0.05, 0.1) is 5.92 Å². The first-order chi connectivity index (χ1) is 9.60. The molecule has 4 nitrogen and oxygen atoms in total. The largest absolute Gasteiger partial charge is 0.481 e. The van der Waals surface area contributed by atoms with Crippen LogP contribution in [0, 0.1) is 18.3 Å². The second-order valence-electron chi connectivity index (χ2n) is 6.47. The van der Waals surface area contributed by atoms with Crippen molar-refractivity contribution in [3.63, 3.8) is 0 Å². The lowest BCUT2D eigenvalue weighted by atomic mass is 9.84. The van der Waals surface area contributed by atoms with Gasteiger partial charge < -0.3 is 10.4 Å². The van der Waals surface area contributed by atoms with Gasteiger partial charge in [0.25, 0.3) is 5.91 Å². The van der Waals surface area contributed by atoms with Gasteiger partial charge >= 0.3 is 5.97 Å². The number of halogens is 1. The van der Waals surface area contributed by atoms with Crippen LogP contribution in [0.3, 0.4) is 0 Å². The van der Waals surface area contributed by atoms with Crippen molar-refractivity contribution in [3.8, 4) is 0 Å². The molecular formula is C16H22BrNO3. The number of carboxylic acids is 1. The first-order valence-electron chi connectivity index (χ1n) is 6.87. The van der Waals surface area contributed by atoms with E-state index in [1.807, 2.05) is 33.8 Å². The van der Waals surface area contributed by atoms with Gasteiger partial charge in [0.15, 0.2) is 0 Å². The Labute approximate surface area is 134 Å². The fraction of sp³-hybridized carbons (Fsp3) is 0.500. The maximum Gasteiger partial charge on any atom is 0.308 e. The van der Waals surface area contributed by atoms with Gasteiger partial charge in [-0.2, -0.15) is 0 Å². The van der Waals surface area contributed by atoms with Gasteiger partial charge in [-0.05, 0) is 36.5 Å². The molecule has 1 aromatic rings. The number of aliphatic carboxylic acids is 1. The number of carboxylic acid groups (broad SMARTS) is 1. The minimum Gasteiger partial charge on any atom is -0.481 e. The molecule has 0 saturated carbocycles. The molecule has 116 valence electrons. The fourth-order valence-corrected chi connectivity index (χ4v) is 2.42. The van der Waals surface area contributed by atoms with Crippen molar-refractivity contribution >= 4 is 27.8 Å². The molecule has 0 radical (unpaired) electrons. The lowest BCUT2D eigenvalue weighted by molar-refractivity contribution is -0.142. The van der Waals surface area contributed by atoms with Crippen molar-refractivity contribution in [2.24, 2.45) is 11.3 Å². The van der Waals surface area contributed by atoms with Gasteiger partial charge in [-0.15, -0.1) is 0 Å². The highest BCUT2D eigenvalue weighted by Crippen LogP contribution is 2.24. The monoisotopic (exact) mass is 355 g/mol. The predicted molar refractivity (Wildman–Crippen MR) is 86.4 cm³/mol. The molecule has 0 aliphatic rings. The Bertz CT molecular complexity index is 535. The van der Waals surface area contributed by atoms with Crippen LogP contribution >= 0.6 is 15.9 Å². The molecule has 0 bridgehead atoms. The third kappa shape index (κ3) is 5.87. The van der Waals surface area contributed by atoms with Crippen molar-refractivity contribution in [1.29, 1.82) is 0 Å². The van der Waals surface area contributed by atoms with Crippen LogP contribution in [0.15, 0.2) is 22.7 Å². The highest BCUT2D eigenvalue weighted by atomic mass is 79.9. The summed E-state index contributed by atoms with van der Waals surface area (Å²) in [6.45, 7) is 8.04. The third-order valence-corrected chi connectivity index (χ3v) is 4.01. The lowest BCUT2D eigenvalue weighted by Gasteiger charge is -2.23. The molecule has 0 saturated heterocycles. The number of nitrogens with one attached hydrogen (secondary N) is 1. The Morgan fingerprint density at radius 2 is 1.95 bits per heavy atom. The Kier molecular flexibility index (Phi) is 5.96. The summed E-state index contributed by atoms with van der Waals surface area (Å²) in [6.07, 6.45) is 0.514. The molecule has 2 N–H and O–H groups in total. The summed E-state index contributed by atoms with van der Waals surface area (Å²) in [4.78, 5) is 23.3. The van der Waals surface area contributed by atoms with Gasteiger partial charge in [-0.1, -0.05) is 42.8 Å². The first kappa shape index (κ1) is 17.7. The van der Waals surface area contributed by atoms with Gasteiger partial charge in [0.1, 0.15) is 0 Å². The van der Waals surface area contributed by atoms with E-state index in [9.17, 15) is 14.7 Å². The SMILES string of the molecule is Cc1ccc(C(=O)NCC(CC(C)(C)C)C(=O)O)cc1Br. The topological polar surface area (TPSA) is 66.4 Å². The molecule has 0 aliphatic carbocycles. The average Bonchev–Trinajstić information content (AvgIpc) is 2.35. The van der Waals surface area contributed by atoms with Crippen LogP contribution in [0.2, 0.25) is 0 Å². The number of benzene rings is 1. The van der Waals surface area contributed by atoms with Crippen molar-refractivity contribution in [2.45, 2.75) is 34.1 Å². The van der Waals surface area contributed by atoms with Crippen molar-refractivity contribution in [1.82, 2.24) is 5.32 Å². The van der Waals surface area contributed by atoms with Crippen molar-refractivity contribution < 1.29 is 14.7 Å². The van der Waals surface area contributed by atoms with Gasteiger partial charge in [0, 0.05) is 16.6 Å². The van der Waals surface area contributed by atoms with Crippen LogP contribution in [0.1, 0.15) is 43.1 Å². The zero-order valence-corrected chi connectivity index (χ0v) is 14.5. The molecule has 0 spiro atoms. The second-order valence-corrected chi connectivity index (χ2v) is 7.33. The molecule has 21 heavy (non-hydrogen) atoms. The minimum atomic E-state index is -0.879. The summed E-state index contributed by atoms with van der Waals surface area (Å²) in [5.41, 5.74) is 1.47. The molecule has 0 aliphatic heterocycles. The fourth-order valence-electron chi connectivity index (χ4n) is 2.04. The Morgan fingerprint density at radius 3 is 2.43 bits per heavy atom. The predicted octanol–water partition coefficient (Wildman–Crippen LogP) is 3.62. The standard InChI is InChI=1S/C16H22BrNO3/c1-10-5-6-11(7-13(10)17)14(19)18-9-12(15(20)21)8-16(2,3)4/h5-7,12H,8-9H2,1-4H3,(H,18,19)(H,20,21). The van der Waals surface area contributed by atoms with E-state index in [0.29, 0.717) is 12.0 Å². The van der Waals surface area contributed by atoms with Gasteiger partial charge in [0.2, 0.25) is 0 Å². The molecule has 1 unspecified atom stereocenters. The maximum atomic E-state index is 12.1. The Balaban J connectivity index is 2.69. The molecule has 0 aromatic heterocycles. The summed E-state index contributed by atoms with van der Waals surface area (Å²) in [6, 6.07) is 5.32. The van der Waals surface area contributed by atoms with Crippen molar-refractivity contribution in [3.05, 3.63) is 33.8 Å². The highest BCUT2D eigenvalue weighted by Gasteiger charge is 2.25. The smallest absolute Gasteiger partial charge is 0.308 e. The van der Waals surface area contributed by atoms with Crippen LogP contribution in [0.25, 0.3) is 0 Å². The number of carbonyl (C=O) groups is 2. The zero-order valence-electron chi connectivity index (χ0n) is 12.9. The normalized spacial score (nSPS) is 12.8. The minimum absolute atomic E-state index is 0.0966. The number of carbonyl (C=O) groups excluding carboxylic acids is 1. The second kappa shape index (κ2) is 7.07. The maximum absolute atomic E-state index is 12.1. The van der Waals surface area contributed by atoms with Crippen LogP contribution in [-0.4, -0.2) is 23.5 Å². The quantitative estimate of drug-likeness (QED) is 0.847. The van der Waals surface area contributed by atoms with E-state index in [0.717, 1.165) is 10.0 Å². The molecule has 1 amide bonds. The number of aryl methyl sites for hydroxylation is 1. The molecular weight excluding hydrogens is 334 g/mol. The number of amides is 1. The molecule has 0 fully saturated rings. The first-order valence-corrected chi connectivity index (χ1v) is 7.66. The Hall–Kier alpha value is -1.36. The summed E-state index contributed by atoms with van der Waals surface area (Å²) >= 11 is 3.38. The van der Waals surface area contributed by atoms with E-state index in [-0.39, 0.29) is 17.9 Å². The number of rotatable bonds is 5. The molecule has 0 heterocycles. The van der Waals surface area contributed by atoms with E-state index in [4.69, 9.17) is 0 Å². The van der Waals surface area contributed by atoms with E-state index < -0.39 is 11.9 Å². The zero-order chi connectivity index (χ0) is 16.2. The third-order valence-electron chi connectivity index (χ3n) is 3.15. The number of hydrogen-bond acceptors (Lipinski definition) is 2. The molecule has 5 heteroatoms. The van der Waals surface area contributed by atoms with E-state index in [1.54, 1.807) is 12.1 Å². The van der Waals surface area contributed by atoms with Crippen LogP contribution in [0.4, 0.5) is 0 Å². The molecule has 1 aromatic carbocycles. The molecule has 1 atom stereocenters. The highest BCUT2D eigenvalue weighted by molar-refractivity contribution is 9.10. The summed E-state index contributed by atoms with van der Waals surface area (Å²) in [5.74, 6) is -1.71. The van der Waals surface area contributed by atoms with E-state index in [1.165, 1.54) is 0 Å². The summed E-state index contributed by atoms with van der Waals surface area (Å²) in [7, 11) is 0. The van der Waals surface area contributed by atoms with E-state index >= 15 is 0 Å². The van der Waals surface area contributed by atoms with Crippen LogP contribution < -0.4 is 5.32 Å². The summed E-state index contributed by atoms with van der Waals surface area (Å²) < 4.78 is 0.861. The number of hydrogen-bond donors (Lipinski definition) is 2. The van der Waals surface area contributed by atoms with Crippen LogP contribution in [0.5, 0.6) is 0 Å².